The molecule has 27 heavy (non-hydrogen) atoms. The van der Waals surface area contributed by atoms with Gasteiger partial charge < -0.3 is 20.5 Å². The summed E-state index contributed by atoms with van der Waals surface area (Å²) in [6, 6.07) is 3.46. The molecular formula is C19H32F2IN3O2. The second-order valence-electron chi connectivity index (χ2n) is 6.23. The van der Waals surface area contributed by atoms with E-state index in [1.54, 1.807) is 0 Å². The lowest BCUT2D eigenvalue weighted by atomic mass is 9.79. The predicted octanol–water partition coefficient (Wildman–Crippen LogP) is 3.71. The average molecular weight is 499 g/mol. The van der Waals surface area contributed by atoms with Crippen LogP contribution in [0.25, 0.3) is 0 Å². The zero-order valence-electron chi connectivity index (χ0n) is 16.4. The number of aliphatic imine (C=N–C) groups is 1. The number of hydrogen-bond donors (Lipinski definition) is 3. The van der Waals surface area contributed by atoms with Gasteiger partial charge >= 0.3 is 0 Å². The van der Waals surface area contributed by atoms with E-state index in [9.17, 15) is 13.9 Å². The van der Waals surface area contributed by atoms with Crippen LogP contribution in [0.3, 0.4) is 0 Å². The maximum absolute atomic E-state index is 13.1. The number of aliphatic hydroxyl groups is 1. The molecule has 156 valence electrons. The normalized spacial score (nSPS) is 11.7. The van der Waals surface area contributed by atoms with Crippen LogP contribution >= 0.6 is 24.0 Å². The maximum atomic E-state index is 13.1. The van der Waals surface area contributed by atoms with Crippen LogP contribution in [-0.4, -0.2) is 43.9 Å². The van der Waals surface area contributed by atoms with Crippen LogP contribution in [0, 0.1) is 17.0 Å². The first-order chi connectivity index (χ1) is 12.5. The van der Waals surface area contributed by atoms with Crippen molar-refractivity contribution in [3.05, 3.63) is 29.8 Å². The molecule has 8 heteroatoms. The van der Waals surface area contributed by atoms with Crippen molar-refractivity contribution in [1.82, 2.24) is 10.6 Å². The molecule has 0 aromatic heterocycles. The SMILES string of the molecule is CCNC(=NCC(CC)(CC)CCO)NCCOc1ccc(F)c(F)c1.I. The van der Waals surface area contributed by atoms with Crippen molar-refractivity contribution >= 4 is 29.9 Å². The molecule has 0 fully saturated rings. The molecule has 5 nitrogen and oxygen atoms in total. The molecule has 0 aliphatic carbocycles. The Hall–Kier alpha value is -1.16. The molecule has 0 heterocycles. The Morgan fingerprint density at radius 3 is 2.41 bits per heavy atom. The minimum absolute atomic E-state index is 0. The molecule has 0 atom stereocenters. The van der Waals surface area contributed by atoms with E-state index >= 15 is 0 Å². The van der Waals surface area contributed by atoms with E-state index in [0.29, 0.717) is 25.7 Å². The fourth-order valence-corrected chi connectivity index (χ4v) is 2.64. The van der Waals surface area contributed by atoms with Crippen molar-refractivity contribution in [3.63, 3.8) is 0 Å². The first-order valence-corrected chi connectivity index (χ1v) is 9.21. The van der Waals surface area contributed by atoms with Gasteiger partial charge in [-0.3, -0.25) is 4.99 Å². The van der Waals surface area contributed by atoms with Gasteiger partial charge in [0.1, 0.15) is 12.4 Å². The van der Waals surface area contributed by atoms with Gasteiger partial charge in [-0.05, 0) is 43.7 Å². The molecule has 0 bridgehead atoms. The van der Waals surface area contributed by atoms with Crippen LogP contribution in [0.15, 0.2) is 23.2 Å². The van der Waals surface area contributed by atoms with E-state index in [1.165, 1.54) is 6.07 Å². The summed E-state index contributed by atoms with van der Waals surface area (Å²) >= 11 is 0. The summed E-state index contributed by atoms with van der Waals surface area (Å²) < 4.78 is 31.4. The van der Waals surface area contributed by atoms with Gasteiger partial charge in [-0.25, -0.2) is 8.78 Å². The van der Waals surface area contributed by atoms with E-state index in [1.807, 2.05) is 6.92 Å². The van der Waals surface area contributed by atoms with Crippen molar-refractivity contribution in [3.8, 4) is 5.75 Å². The maximum Gasteiger partial charge on any atom is 0.191 e. The van der Waals surface area contributed by atoms with Crippen molar-refractivity contribution in [2.75, 3.05) is 32.8 Å². The number of nitrogens with zero attached hydrogens (tertiary/aromatic N) is 1. The predicted molar refractivity (Wildman–Crippen MR) is 116 cm³/mol. The summed E-state index contributed by atoms with van der Waals surface area (Å²) in [5, 5.41) is 15.6. The van der Waals surface area contributed by atoms with Crippen molar-refractivity contribution < 1.29 is 18.6 Å². The highest BCUT2D eigenvalue weighted by molar-refractivity contribution is 14.0. The van der Waals surface area contributed by atoms with Gasteiger partial charge in [-0.1, -0.05) is 13.8 Å². The van der Waals surface area contributed by atoms with E-state index < -0.39 is 11.6 Å². The Balaban J connectivity index is 0.00000676. The second-order valence-corrected chi connectivity index (χ2v) is 6.23. The Morgan fingerprint density at radius 1 is 1.15 bits per heavy atom. The standard InChI is InChI=1S/C19H31F2N3O2.HI/c1-4-19(5-2,9-11-25)14-24-18(22-6-3)23-10-12-26-15-7-8-16(20)17(21)13-15;/h7-8,13,25H,4-6,9-12,14H2,1-3H3,(H2,22,23,24);1H. The molecule has 0 aliphatic heterocycles. The minimum Gasteiger partial charge on any atom is -0.492 e. The molecule has 0 saturated carbocycles. The highest BCUT2D eigenvalue weighted by Crippen LogP contribution is 2.30. The summed E-state index contributed by atoms with van der Waals surface area (Å²) in [4.78, 5) is 4.63. The number of nitrogens with one attached hydrogen (secondary N) is 2. The third-order valence-electron chi connectivity index (χ3n) is 4.61. The van der Waals surface area contributed by atoms with Crippen LogP contribution in [0.5, 0.6) is 5.75 Å². The van der Waals surface area contributed by atoms with Crippen LogP contribution in [-0.2, 0) is 0 Å². The van der Waals surface area contributed by atoms with Crippen LogP contribution in [0.2, 0.25) is 0 Å². The average Bonchev–Trinajstić information content (AvgIpc) is 2.64. The summed E-state index contributed by atoms with van der Waals surface area (Å²) in [6.07, 6.45) is 2.63. The van der Waals surface area contributed by atoms with E-state index in [0.717, 1.165) is 37.9 Å². The van der Waals surface area contributed by atoms with E-state index in [-0.39, 0.29) is 41.7 Å². The van der Waals surface area contributed by atoms with Gasteiger partial charge in [0, 0.05) is 25.8 Å². The van der Waals surface area contributed by atoms with Crippen LogP contribution < -0.4 is 15.4 Å². The smallest absolute Gasteiger partial charge is 0.191 e. The molecule has 0 saturated heterocycles. The number of rotatable bonds is 11. The Labute approximate surface area is 178 Å². The summed E-state index contributed by atoms with van der Waals surface area (Å²) in [5.74, 6) is -0.864. The molecule has 0 amide bonds. The van der Waals surface area contributed by atoms with Gasteiger partial charge in [0.15, 0.2) is 17.6 Å². The highest BCUT2D eigenvalue weighted by Gasteiger charge is 2.25. The number of benzene rings is 1. The summed E-state index contributed by atoms with van der Waals surface area (Å²) in [5.41, 5.74) is -0.000754. The highest BCUT2D eigenvalue weighted by atomic mass is 127. The van der Waals surface area contributed by atoms with Gasteiger partial charge in [0.2, 0.25) is 0 Å². The van der Waals surface area contributed by atoms with Crippen molar-refractivity contribution in [1.29, 1.82) is 0 Å². The lowest BCUT2D eigenvalue weighted by Crippen LogP contribution is -2.40. The fourth-order valence-electron chi connectivity index (χ4n) is 2.64. The first kappa shape index (κ1) is 25.8. The molecule has 0 radical (unpaired) electrons. The quantitative estimate of drug-likeness (QED) is 0.188. The number of halogens is 3. The van der Waals surface area contributed by atoms with Crippen LogP contribution in [0.1, 0.15) is 40.0 Å². The van der Waals surface area contributed by atoms with E-state index in [4.69, 9.17) is 4.74 Å². The molecular weight excluding hydrogens is 467 g/mol. The topological polar surface area (TPSA) is 65.9 Å². The van der Waals surface area contributed by atoms with Crippen molar-refractivity contribution in [2.45, 2.75) is 40.0 Å². The molecule has 0 unspecified atom stereocenters. The first-order valence-electron chi connectivity index (χ1n) is 9.21. The Bertz CT molecular complexity index is 570. The molecule has 0 aliphatic rings. The molecule has 0 spiro atoms. The van der Waals surface area contributed by atoms with Gasteiger partial charge in [0.05, 0.1) is 6.54 Å². The Kier molecular flexibility index (Phi) is 13.3. The van der Waals surface area contributed by atoms with Gasteiger partial charge in [-0.15, -0.1) is 24.0 Å². The fraction of sp³-hybridized carbons (Fsp3) is 0.632. The lowest BCUT2D eigenvalue weighted by molar-refractivity contribution is 0.175. The van der Waals surface area contributed by atoms with Crippen molar-refractivity contribution in [2.24, 2.45) is 10.4 Å². The number of aliphatic hydroxyl groups excluding tert-OH is 1. The number of hydrogen-bond acceptors (Lipinski definition) is 3. The second kappa shape index (κ2) is 13.9. The van der Waals surface area contributed by atoms with E-state index in [2.05, 4.69) is 29.5 Å². The van der Waals surface area contributed by atoms with Gasteiger partial charge in [-0.2, -0.15) is 0 Å². The zero-order valence-corrected chi connectivity index (χ0v) is 18.7. The van der Waals surface area contributed by atoms with Gasteiger partial charge in [0.25, 0.3) is 0 Å². The largest absolute Gasteiger partial charge is 0.492 e. The lowest BCUT2D eigenvalue weighted by Gasteiger charge is -2.29. The zero-order chi connectivity index (χ0) is 19.4. The molecule has 1 rings (SSSR count). The third kappa shape index (κ3) is 9.05. The number of ether oxygens (including phenoxy) is 1. The third-order valence-corrected chi connectivity index (χ3v) is 4.61. The minimum atomic E-state index is -0.926. The Morgan fingerprint density at radius 2 is 1.85 bits per heavy atom. The molecule has 3 N–H and O–H groups in total. The monoisotopic (exact) mass is 499 g/mol. The van der Waals surface area contributed by atoms with Crippen LogP contribution in [0.4, 0.5) is 8.78 Å². The summed E-state index contributed by atoms with van der Waals surface area (Å²) in [6.45, 7) is 8.48. The molecule has 1 aromatic carbocycles. The summed E-state index contributed by atoms with van der Waals surface area (Å²) in [7, 11) is 0. The molecule has 1 aromatic rings. The number of guanidine groups is 1.